The van der Waals surface area contributed by atoms with Crippen molar-refractivity contribution in [2.75, 3.05) is 56.9 Å². The number of halogens is 12. The summed E-state index contributed by atoms with van der Waals surface area (Å²) in [6.45, 7) is 31.7. The number of methoxy groups -OCH3 is 8. The van der Waals surface area contributed by atoms with Crippen molar-refractivity contribution in [2.45, 2.75) is 227 Å². The lowest BCUT2D eigenvalue weighted by Crippen LogP contribution is -2.80. The summed E-state index contributed by atoms with van der Waals surface area (Å²) >= 11 is 0. The first-order chi connectivity index (χ1) is 68.2. The maximum Gasteiger partial charge on any atom is 0.211 e. The van der Waals surface area contributed by atoms with Gasteiger partial charge in [0.2, 0.25) is 69.3 Å². The van der Waals surface area contributed by atoms with Crippen molar-refractivity contribution in [1.82, 2.24) is 0 Å². The molecule has 12 aromatic carbocycles. The van der Waals surface area contributed by atoms with Crippen molar-refractivity contribution in [3.8, 4) is 138 Å². The minimum Gasteiger partial charge on any atom is -0.493 e. The summed E-state index contributed by atoms with van der Waals surface area (Å²) in [4.78, 5) is 0. The van der Waals surface area contributed by atoms with Crippen LogP contribution in [-0.2, 0) is 65.0 Å². The van der Waals surface area contributed by atoms with Crippen molar-refractivity contribution in [1.29, 1.82) is 0 Å². The molecule has 24 rings (SSSR count). The van der Waals surface area contributed by atoms with Gasteiger partial charge in [0, 0.05) is 21.7 Å². The number of benzene rings is 12. The molecule has 4 aliphatic heterocycles. The molecule has 12 aromatic rings. The maximum atomic E-state index is 21.0. The first-order valence-corrected chi connectivity index (χ1v) is 48.5. The third-order valence-corrected chi connectivity index (χ3v) is 34.8. The highest BCUT2D eigenvalue weighted by molar-refractivity contribution is 7.20. The first-order valence-electron chi connectivity index (χ1n) is 48.5. The van der Waals surface area contributed by atoms with Crippen LogP contribution in [0.4, 0.5) is 52.7 Å². The van der Waals surface area contributed by atoms with Crippen molar-refractivity contribution in [3.05, 3.63) is 256 Å². The van der Waals surface area contributed by atoms with Gasteiger partial charge in [-0.3, -0.25) is 0 Å². The predicted molar refractivity (Wildman–Crippen MR) is 518 cm³/mol. The van der Waals surface area contributed by atoms with Gasteiger partial charge in [-0.15, -0.1) is 21.9 Å². The van der Waals surface area contributed by atoms with Crippen LogP contribution in [0.25, 0.3) is 0 Å². The highest BCUT2D eigenvalue weighted by atomic mass is 19.2. The summed E-state index contributed by atoms with van der Waals surface area (Å²) in [5, 5.41) is 0. The first kappa shape index (κ1) is 94.0. The van der Waals surface area contributed by atoms with E-state index in [1.165, 1.54) is 105 Å². The van der Waals surface area contributed by atoms with E-state index >= 15 is 52.7 Å². The molecule has 0 aromatic heterocycles. The van der Waals surface area contributed by atoms with Crippen LogP contribution >= 0.6 is 0 Å². The van der Waals surface area contributed by atoms with Gasteiger partial charge in [0.05, 0.1) is 56.9 Å². The molecule has 4 heterocycles. The average molecular weight is 1990 g/mol. The van der Waals surface area contributed by atoms with Gasteiger partial charge in [0.25, 0.3) is 0 Å². The third-order valence-electron chi connectivity index (χ3n) is 34.8. The Balaban J connectivity index is 0.783. The van der Waals surface area contributed by atoms with E-state index in [4.69, 9.17) is 75.8 Å². The number of fused-ring (bicyclic) bond motifs is 24. The van der Waals surface area contributed by atoms with Crippen LogP contribution in [0.3, 0.4) is 0 Å². The van der Waals surface area contributed by atoms with Gasteiger partial charge >= 0.3 is 0 Å². The Morgan fingerprint density at radius 3 is 0.434 bits per heavy atom. The van der Waals surface area contributed by atoms with E-state index in [0.29, 0.717) is 142 Å². The van der Waals surface area contributed by atoms with Crippen molar-refractivity contribution < 1.29 is 128 Å². The minimum atomic E-state index is -6.82. The molecule has 0 saturated heterocycles. The second kappa shape index (κ2) is 29.5. The van der Waals surface area contributed by atoms with Crippen LogP contribution in [0.15, 0.2) is 97.1 Å². The fourth-order valence-corrected chi connectivity index (χ4v) is 29.7. The van der Waals surface area contributed by atoms with Crippen LogP contribution in [0.2, 0.25) is 0 Å². The Labute approximate surface area is 830 Å². The van der Waals surface area contributed by atoms with Crippen LogP contribution in [-0.4, -0.2) is 63.0 Å². The fraction of sp³-hybridized carbons (Fsp3) is 0.379. The van der Waals surface area contributed by atoms with E-state index < -0.39 is 255 Å². The summed E-state index contributed by atoms with van der Waals surface area (Å²) in [6.07, 6.45) is -3.87. The molecular formula is C116H104BF12O16-. The highest BCUT2D eigenvalue weighted by Crippen LogP contribution is 2.73. The fourth-order valence-electron chi connectivity index (χ4n) is 29.7. The van der Waals surface area contributed by atoms with Crippen molar-refractivity contribution in [3.63, 3.8) is 0 Å². The largest absolute Gasteiger partial charge is 0.493 e. The zero-order valence-electron chi connectivity index (χ0n) is 84.5. The van der Waals surface area contributed by atoms with Gasteiger partial charge in [-0.2, -0.15) is 17.6 Å². The topological polar surface area (TPSA) is 148 Å². The summed E-state index contributed by atoms with van der Waals surface area (Å²) in [7, 11) is 11.9. The molecule has 0 N–H and O–H groups in total. The quantitative estimate of drug-likeness (QED) is 0.0648. The van der Waals surface area contributed by atoms with Gasteiger partial charge in [0.15, 0.2) is 92.0 Å². The van der Waals surface area contributed by atoms with Crippen LogP contribution in [0, 0.1) is 69.8 Å². The van der Waals surface area contributed by atoms with Crippen LogP contribution in [0.5, 0.6) is 138 Å². The zero-order valence-corrected chi connectivity index (χ0v) is 84.5. The van der Waals surface area contributed by atoms with Crippen LogP contribution < -0.4 is 97.6 Å². The molecule has 0 radical (unpaired) electrons. The van der Waals surface area contributed by atoms with Gasteiger partial charge in [-0.25, -0.2) is 35.1 Å². The summed E-state index contributed by atoms with van der Waals surface area (Å²) in [5.41, 5.74) is -9.45. The Bertz CT molecular complexity index is 7430. The Kier molecular flexibility index (Phi) is 19.2. The third kappa shape index (κ3) is 11.9. The molecule has 8 aliphatic carbocycles. The second-order valence-corrected chi connectivity index (χ2v) is 46.9. The van der Waals surface area contributed by atoms with Crippen LogP contribution in [0.1, 0.15) is 251 Å². The molecule has 4 spiro atoms. The van der Waals surface area contributed by atoms with E-state index in [1.807, 2.05) is 159 Å². The lowest BCUT2D eigenvalue weighted by molar-refractivity contribution is 0.315. The average Bonchev–Trinajstić information content (AvgIpc) is 1.61. The van der Waals surface area contributed by atoms with E-state index in [1.54, 1.807) is 0 Å². The summed E-state index contributed by atoms with van der Waals surface area (Å²) in [5.74, 6) is -45.1. The molecule has 145 heavy (non-hydrogen) atoms. The molecule has 4 unspecified atom stereocenters. The van der Waals surface area contributed by atoms with E-state index in [-0.39, 0.29) is 0 Å². The maximum absolute atomic E-state index is 21.0. The molecule has 16 nitrogen and oxygen atoms in total. The van der Waals surface area contributed by atoms with Gasteiger partial charge in [-0.1, -0.05) is 111 Å². The van der Waals surface area contributed by atoms with Crippen molar-refractivity contribution in [2.24, 2.45) is 0 Å². The van der Waals surface area contributed by atoms with Gasteiger partial charge in [-0.05, 0) is 281 Å². The number of rotatable bonds is 12. The number of hydrogen-bond acceptors (Lipinski definition) is 16. The molecular weight excluding hydrogens is 1890 g/mol. The Morgan fingerprint density at radius 1 is 0.172 bits per heavy atom. The van der Waals surface area contributed by atoms with Gasteiger partial charge in [0.1, 0.15) is 52.7 Å². The SMILES string of the molecule is COc1cc2c(cc1OC)C1(CC2(C)C)CC(C)(C)c2cc3c(cc21)Oc1c(F)c(F)c([B-](c2c(F)c(F)c4c(c2F)Oc2cc5c(cc2O4)C(C)(C)CC52CC(C)(C)c4cc(OC)c(OC)cc42)(c2c(F)c(F)c4c(c2F)Oc2cc5c(cc2O4)C(C)(C)CC52CC(C)(C)c4cc(OC)c(OC)cc42)c2c(F)c(F)c4c(c2F)Oc2cc5c(cc2O4)C(C)(C)CC52CC(C)(C)c4cc(OC)c(OC)cc42)c(F)c1O3. The monoisotopic (exact) mass is 1990 g/mol. The predicted octanol–water partition coefficient (Wildman–Crippen LogP) is 27.0. The van der Waals surface area contributed by atoms with Crippen molar-refractivity contribution >= 4 is 28.0 Å². The normalized spacial score (nSPS) is 22.5. The lowest BCUT2D eigenvalue weighted by Gasteiger charge is -2.46. The standard InChI is InChI=1S/C116H104BF12O16/c1-105(2)41-113(57-33-69(134-21)65(130-17)25-49(57)105)46-110(11,12)54-30-74-77(37-61(54)113)139-98-90(123)82(85(118)93(126)101(98)142-74)117(81-88(121)96(129)104-97(89(81)122)138-73-29-53-64(40-80(73)145-104)116(45-109(53,9)10)44-108(7,8)52-28-68(133-20)72(137-24)36-60(52)116,83-86(119)94(127)102-99(91(83)124)140-78-38-62-55(31-75(78)143-102)111(13,14)47-114(62)42-106(3,4)50-26-66(131-18)70(135-22)34-58(50)114)84-87(120)95(128)103-100(92(84)125)141-79-39-63-56(32-76(79)144-103)112(15,16)48-115(63)43-107(5,6)51-27-67(132-19)71(136-23)35-59(51)115/h25-40H,41-48H2,1-24H3/q-1. The van der Waals surface area contributed by atoms with E-state index in [9.17, 15) is 0 Å². The number of hydrogen-bond donors (Lipinski definition) is 0. The molecule has 0 bridgehead atoms. The zero-order chi connectivity index (χ0) is 103. The Hall–Kier alpha value is -13.3. The molecule has 0 fully saturated rings. The Morgan fingerprint density at radius 2 is 0.290 bits per heavy atom. The molecule has 4 atom stereocenters. The van der Waals surface area contributed by atoms with E-state index in [2.05, 4.69) is 0 Å². The molecule has 752 valence electrons. The molecule has 12 aliphatic rings. The molecule has 0 amide bonds. The number of ether oxygens (including phenoxy) is 16. The molecule has 0 saturated carbocycles. The van der Waals surface area contributed by atoms with E-state index in [0.717, 1.165) is 44.5 Å². The summed E-state index contributed by atoms with van der Waals surface area (Å²) < 4.78 is 342. The summed E-state index contributed by atoms with van der Waals surface area (Å²) in [6, 6.07) is 26.6. The second-order valence-electron chi connectivity index (χ2n) is 46.9. The lowest BCUT2D eigenvalue weighted by atomic mass is 9.12. The highest BCUT2D eigenvalue weighted by Gasteiger charge is 2.65. The smallest absolute Gasteiger partial charge is 0.211 e. The van der Waals surface area contributed by atoms with Gasteiger partial charge < -0.3 is 75.8 Å². The molecule has 29 heteroatoms. The minimum absolute atomic E-state index is 0.348.